The summed E-state index contributed by atoms with van der Waals surface area (Å²) in [7, 11) is 0. The first-order chi connectivity index (χ1) is 10.5. The Hall–Kier alpha value is -2.35. The molecule has 2 aromatic rings. The number of carboxylic acid groups (broad SMARTS) is 1. The highest BCUT2D eigenvalue weighted by Crippen LogP contribution is 2.60. The van der Waals surface area contributed by atoms with Crippen molar-refractivity contribution in [1.29, 1.82) is 0 Å². The third-order valence-electron chi connectivity index (χ3n) is 4.69. The van der Waals surface area contributed by atoms with E-state index in [-0.39, 0.29) is 17.3 Å². The van der Waals surface area contributed by atoms with Crippen LogP contribution in [0.25, 0.3) is 5.57 Å². The van der Waals surface area contributed by atoms with E-state index in [0.29, 0.717) is 0 Å². The molecule has 112 valence electrons. The molecule has 0 saturated heterocycles. The van der Waals surface area contributed by atoms with Gasteiger partial charge in [-0.05, 0) is 28.0 Å². The third-order valence-corrected chi connectivity index (χ3v) is 4.69. The van der Waals surface area contributed by atoms with Gasteiger partial charge in [0.15, 0.2) is 0 Å². The Kier molecular flexibility index (Phi) is 3.61. The van der Waals surface area contributed by atoms with Crippen LogP contribution in [0.1, 0.15) is 25.0 Å². The maximum atomic E-state index is 11.4. The van der Waals surface area contributed by atoms with Gasteiger partial charge in [0.25, 0.3) is 0 Å². The van der Waals surface area contributed by atoms with Crippen LogP contribution in [0, 0.1) is 17.3 Å². The SMILES string of the molecule is CC1(C)[C@@H](C=C(c2ccccc2)c2ccccc2)[C@@H]1C(=O)O. The Morgan fingerprint density at radius 3 is 1.77 bits per heavy atom. The predicted molar refractivity (Wildman–Crippen MR) is 88.4 cm³/mol. The molecule has 0 aromatic heterocycles. The zero-order valence-corrected chi connectivity index (χ0v) is 12.9. The van der Waals surface area contributed by atoms with Gasteiger partial charge >= 0.3 is 5.97 Å². The van der Waals surface area contributed by atoms with Crippen molar-refractivity contribution in [2.75, 3.05) is 0 Å². The first kappa shape index (κ1) is 14.6. The highest BCUT2D eigenvalue weighted by atomic mass is 16.4. The van der Waals surface area contributed by atoms with E-state index in [1.165, 1.54) is 0 Å². The second-order valence-electron chi connectivity index (χ2n) is 6.48. The van der Waals surface area contributed by atoms with E-state index in [4.69, 9.17) is 0 Å². The van der Waals surface area contributed by atoms with Crippen molar-refractivity contribution in [3.05, 3.63) is 77.9 Å². The molecule has 1 aliphatic rings. The number of hydrogen-bond acceptors (Lipinski definition) is 1. The maximum absolute atomic E-state index is 11.4. The predicted octanol–water partition coefficient (Wildman–Crippen LogP) is 4.48. The normalized spacial score (nSPS) is 21.9. The lowest BCUT2D eigenvalue weighted by Crippen LogP contribution is -2.03. The lowest BCUT2D eigenvalue weighted by Gasteiger charge is -2.09. The van der Waals surface area contributed by atoms with Crippen LogP contribution < -0.4 is 0 Å². The molecule has 0 amide bonds. The minimum atomic E-state index is -0.702. The second kappa shape index (κ2) is 5.45. The molecule has 3 rings (SSSR count). The lowest BCUT2D eigenvalue weighted by atomic mass is 9.95. The largest absolute Gasteiger partial charge is 0.481 e. The minimum Gasteiger partial charge on any atom is -0.481 e. The second-order valence-corrected chi connectivity index (χ2v) is 6.48. The molecule has 22 heavy (non-hydrogen) atoms. The van der Waals surface area contributed by atoms with Crippen molar-refractivity contribution < 1.29 is 9.90 Å². The van der Waals surface area contributed by atoms with E-state index >= 15 is 0 Å². The molecule has 0 spiro atoms. The van der Waals surface area contributed by atoms with E-state index in [2.05, 4.69) is 30.3 Å². The molecule has 2 nitrogen and oxygen atoms in total. The van der Waals surface area contributed by atoms with Gasteiger partial charge in [0.05, 0.1) is 5.92 Å². The summed E-state index contributed by atoms with van der Waals surface area (Å²) in [6, 6.07) is 20.3. The molecule has 1 aliphatic carbocycles. The molecule has 2 heteroatoms. The van der Waals surface area contributed by atoms with Crippen LogP contribution in [0.2, 0.25) is 0 Å². The Labute approximate surface area is 131 Å². The summed E-state index contributed by atoms with van der Waals surface area (Å²) in [4.78, 5) is 11.4. The van der Waals surface area contributed by atoms with Gasteiger partial charge < -0.3 is 5.11 Å². The fourth-order valence-corrected chi connectivity index (χ4v) is 3.23. The number of aliphatic carboxylic acids is 1. The van der Waals surface area contributed by atoms with E-state index in [1.807, 2.05) is 50.2 Å². The summed E-state index contributed by atoms with van der Waals surface area (Å²) in [5.74, 6) is -0.929. The van der Waals surface area contributed by atoms with Gasteiger partial charge in [-0.2, -0.15) is 0 Å². The van der Waals surface area contributed by atoms with E-state index < -0.39 is 5.97 Å². The molecular weight excluding hydrogens is 272 g/mol. The van der Waals surface area contributed by atoms with Crippen LogP contribution in [-0.2, 0) is 4.79 Å². The molecule has 2 atom stereocenters. The van der Waals surface area contributed by atoms with E-state index in [0.717, 1.165) is 16.7 Å². The summed E-state index contributed by atoms with van der Waals surface area (Å²) in [6.07, 6.45) is 2.14. The van der Waals surface area contributed by atoms with Crippen LogP contribution in [0.4, 0.5) is 0 Å². The fraction of sp³-hybridized carbons (Fsp3) is 0.250. The van der Waals surface area contributed by atoms with Crippen LogP contribution in [0.5, 0.6) is 0 Å². The highest BCUT2D eigenvalue weighted by molar-refractivity contribution is 5.83. The average Bonchev–Trinajstić information content (AvgIpc) is 3.07. The quantitative estimate of drug-likeness (QED) is 0.902. The van der Waals surface area contributed by atoms with Crippen molar-refractivity contribution in [1.82, 2.24) is 0 Å². The third kappa shape index (κ3) is 2.57. The number of allylic oxidation sites excluding steroid dienone is 1. The number of rotatable bonds is 4. The minimum absolute atomic E-state index is 0.0698. The zero-order chi connectivity index (χ0) is 15.7. The Morgan fingerprint density at radius 2 is 1.41 bits per heavy atom. The molecule has 0 unspecified atom stereocenters. The first-order valence-corrected chi connectivity index (χ1v) is 7.57. The summed E-state index contributed by atoms with van der Waals surface area (Å²) in [6.45, 7) is 4.06. The Bertz CT molecular complexity index is 658. The molecule has 0 radical (unpaired) electrons. The first-order valence-electron chi connectivity index (χ1n) is 7.57. The van der Waals surface area contributed by atoms with Gasteiger partial charge in [0.1, 0.15) is 0 Å². The van der Waals surface area contributed by atoms with Crippen molar-refractivity contribution in [3.63, 3.8) is 0 Å². The summed E-state index contributed by atoms with van der Waals surface area (Å²) in [5, 5.41) is 9.38. The topological polar surface area (TPSA) is 37.3 Å². The summed E-state index contributed by atoms with van der Waals surface area (Å²) < 4.78 is 0. The lowest BCUT2D eigenvalue weighted by molar-refractivity contribution is -0.139. The van der Waals surface area contributed by atoms with Crippen molar-refractivity contribution in [3.8, 4) is 0 Å². The smallest absolute Gasteiger partial charge is 0.307 e. The number of carboxylic acids is 1. The van der Waals surface area contributed by atoms with Crippen molar-refractivity contribution in [2.24, 2.45) is 17.3 Å². The highest BCUT2D eigenvalue weighted by Gasteiger charge is 2.61. The number of benzene rings is 2. The van der Waals surface area contributed by atoms with Crippen molar-refractivity contribution >= 4 is 11.5 Å². The van der Waals surface area contributed by atoms with Gasteiger partial charge in [-0.25, -0.2) is 0 Å². The van der Waals surface area contributed by atoms with Crippen LogP contribution in [0.15, 0.2) is 66.7 Å². The zero-order valence-electron chi connectivity index (χ0n) is 12.9. The monoisotopic (exact) mass is 292 g/mol. The molecule has 1 fully saturated rings. The summed E-state index contributed by atoms with van der Waals surface area (Å²) >= 11 is 0. The molecule has 1 N–H and O–H groups in total. The maximum Gasteiger partial charge on any atom is 0.307 e. The van der Waals surface area contributed by atoms with Gasteiger partial charge in [0, 0.05) is 0 Å². The number of hydrogen-bond donors (Lipinski definition) is 1. The molecule has 0 heterocycles. The van der Waals surface area contributed by atoms with Crippen molar-refractivity contribution in [2.45, 2.75) is 13.8 Å². The molecule has 0 bridgehead atoms. The van der Waals surface area contributed by atoms with Gasteiger partial charge in [-0.15, -0.1) is 0 Å². The van der Waals surface area contributed by atoms with Gasteiger partial charge in [0.2, 0.25) is 0 Å². The molecule has 0 aliphatic heterocycles. The van der Waals surface area contributed by atoms with Gasteiger partial charge in [-0.1, -0.05) is 80.6 Å². The van der Waals surface area contributed by atoms with Crippen LogP contribution >= 0.6 is 0 Å². The fourth-order valence-electron chi connectivity index (χ4n) is 3.23. The van der Waals surface area contributed by atoms with E-state index in [1.54, 1.807) is 0 Å². The Morgan fingerprint density at radius 1 is 0.955 bits per heavy atom. The standard InChI is InChI=1S/C20H20O2/c1-20(2)17(18(20)19(21)22)13-16(14-9-5-3-6-10-14)15-11-7-4-8-12-15/h3-13,17-18H,1-2H3,(H,21,22)/t17-,18+/m0/s1. The molecular formula is C20H20O2. The summed E-state index contributed by atoms with van der Waals surface area (Å²) in [5.41, 5.74) is 3.18. The Balaban J connectivity index is 2.04. The number of carbonyl (C=O) groups is 1. The average molecular weight is 292 g/mol. The molecule has 2 aromatic carbocycles. The molecule has 1 saturated carbocycles. The van der Waals surface area contributed by atoms with E-state index in [9.17, 15) is 9.90 Å². The van der Waals surface area contributed by atoms with Gasteiger partial charge in [-0.3, -0.25) is 4.79 Å². The van der Waals surface area contributed by atoms with Crippen LogP contribution in [0.3, 0.4) is 0 Å². The van der Waals surface area contributed by atoms with Crippen LogP contribution in [-0.4, -0.2) is 11.1 Å².